The summed E-state index contributed by atoms with van der Waals surface area (Å²) in [5, 5.41) is 8.91. The molecule has 0 bridgehead atoms. The van der Waals surface area contributed by atoms with Crippen LogP contribution < -0.4 is 4.74 Å². The Morgan fingerprint density at radius 2 is 1.82 bits per heavy atom. The average molecular weight is 243 g/mol. The first-order valence-electron chi connectivity index (χ1n) is 4.89. The zero-order valence-corrected chi connectivity index (χ0v) is 9.72. The maximum absolute atomic E-state index is 12.7. The topological polar surface area (TPSA) is 33.0 Å². The van der Waals surface area contributed by atoms with Crippen molar-refractivity contribution in [1.82, 2.24) is 0 Å². The van der Waals surface area contributed by atoms with Gasteiger partial charge >= 0.3 is 6.18 Å². The fourth-order valence-corrected chi connectivity index (χ4v) is 1.38. The summed E-state index contributed by atoms with van der Waals surface area (Å²) in [5.74, 6) is -0.241. The van der Waals surface area contributed by atoms with Crippen molar-refractivity contribution >= 4 is 0 Å². The molecule has 0 saturated carbocycles. The Morgan fingerprint density at radius 3 is 2.24 bits per heavy atom. The lowest BCUT2D eigenvalue weighted by Crippen LogP contribution is -2.16. The van der Waals surface area contributed by atoms with E-state index >= 15 is 0 Å². The van der Waals surface area contributed by atoms with E-state index in [-0.39, 0.29) is 5.75 Å². The van der Waals surface area contributed by atoms with Crippen molar-refractivity contribution in [3.8, 4) is 11.8 Å². The molecule has 92 valence electrons. The minimum Gasteiger partial charge on any atom is -0.496 e. The van der Waals surface area contributed by atoms with E-state index in [1.807, 2.05) is 6.07 Å². The third-order valence-electron chi connectivity index (χ3n) is 2.51. The molecule has 5 heteroatoms. The lowest BCUT2D eigenvalue weighted by molar-refractivity contribution is -0.138. The number of benzene rings is 1. The molecule has 2 nitrogen and oxygen atoms in total. The molecule has 0 aliphatic rings. The largest absolute Gasteiger partial charge is 0.496 e. The normalized spacial score (nSPS) is 12.1. The van der Waals surface area contributed by atoms with Gasteiger partial charge in [-0.15, -0.1) is 0 Å². The molecule has 0 aromatic heterocycles. The van der Waals surface area contributed by atoms with Crippen molar-refractivity contribution in [2.75, 3.05) is 7.11 Å². The van der Waals surface area contributed by atoms with Gasteiger partial charge in [-0.25, -0.2) is 0 Å². The second-order valence-electron chi connectivity index (χ2n) is 4.15. The highest BCUT2D eigenvalue weighted by molar-refractivity contribution is 5.43. The molecule has 0 fully saturated rings. The molecular weight excluding hydrogens is 231 g/mol. The highest BCUT2D eigenvalue weighted by atomic mass is 19.4. The summed E-state index contributed by atoms with van der Waals surface area (Å²) < 4.78 is 42.9. The standard InChI is InChI=1S/C12H12F3NO/c1-11(2,7-16)8-4-5-10(17-3)9(6-8)12(13,14)15/h4-6H,1-3H3. The number of nitriles is 1. The minimum atomic E-state index is -4.49. The third kappa shape index (κ3) is 2.70. The molecule has 0 radical (unpaired) electrons. The smallest absolute Gasteiger partial charge is 0.419 e. The Hall–Kier alpha value is -1.70. The third-order valence-corrected chi connectivity index (χ3v) is 2.51. The van der Waals surface area contributed by atoms with Crippen LogP contribution in [0.5, 0.6) is 5.75 Å². The quantitative estimate of drug-likeness (QED) is 0.796. The Bertz CT molecular complexity index is 458. The van der Waals surface area contributed by atoms with Crippen LogP contribution in [0.15, 0.2) is 18.2 Å². The number of nitrogens with zero attached hydrogens (tertiary/aromatic N) is 1. The first kappa shape index (κ1) is 13.4. The Balaban J connectivity index is 3.39. The van der Waals surface area contributed by atoms with E-state index in [4.69, 9.17) is 5.26 Å². The van der Waals surface area contributed by atoms with Crippen molar-refractivity contribution in [2.24, 2.45) is 0 Å². The summed E-state index contributed by atoms with van der Waals surface area (Å²) in [6, 6.07) is 5.63. The molecule has 0 saturated heterocycles. The number of alkyl halides is 3. The molecule has 0 aliphatic heterocycles. The highest BCUT2D eigenvalue weighted by Gasteiger charge is 2.35. The zero-order valence-electron chi connectivity index (χ0n) is 9.72. The van der Waals surface area contributed by atoms with Crippen LogP contribution in [0.4, 0.5) is 13.2 Å². The molecule has 0 unspecified atom stereocenters. The second kappa shape index (κ2) is 4.28. The van der Waals surface area contributed by atoms with Gasteiger partial charge in [-0.3, -0.25) is 0 Å². The van der Waals surface area contributed by atoms with E-state index in [1.54, 1.807) is 13.8 Å². The van der Waals surface area contributed by atoms with Gasteiger partial charge in [0.05, 0.1) is 24.2 Å². The second-order valence-corrected chi connectivity index (χ2v) is 4.15. The molecule has 0 atom stereocenters. The van der Waals surface area contributed by atoms with Crippen molar-refractivity contribution in [3.63, 3.8) is 0 Å². The summed E-state index contributed by atoms with van der Waals surface area (Å²) >= 11 is 0. The van der Waals surface area contributed by atoms with Crippen molar-refractivity contribution in [2.45, 2.75) is 25.4 Å². The lowest BCUT2D eigenvalue weighted by atomic mass is 9.85. The number of methoxy groups -OCH3 is 1. The van der Waals surface area contributed by atoms with Gasteiger partial charge in [0.15, 0.2) is 0 Å². The number of hydrogen-bond acceptors (Lipinski definition) is 2. The van der Waals surface area contributed by atoms with E-state index in [0.717, 1.165) is 6.07 Å². The van der Waals surface area contributed by atoms with Crippen LogP contribution in [0.3, 0.4) is 0 Å². The molecule has 17 heavy (non-hydrogen) atoms. The number of ether oxygens (including phenoxy) is 1. The minimum absolute atomic E-state index is 0.241. The van der Waals surface area contributed by atoms with Gasteiger partial charge in [-0.05, 0) is 31.5 Å². The molecule has 0 amide bonds. The van der Waals surface area contributed by atoms with E-state index in [0.29, 0.717) is 5.56 Å². The number of halogens is 3. The molecule has 1 aromatic carbocycles. The van der Waals surface area contributed by atoms with Crippen molar-refractivity contribution < 1.29 is 17.9 Å². The Labute approximate surface area is 97.6 Å². The van der Waals surface area contributed by atoms with Gasteiger partial charge in [0.25, 0.3) is 0 Å². The van der Waals surface area contributed by atoms with Crippen LogP contribution in [0.1, 0.15) is 25.0 Å². The molecular formula is C12H12F3NO. The highest BCUT2D eigenvalue weighted by Crippen LogP contribution is 2.38. The van der Waals surface area contributed by atoms with E-state index in [1.165, 1.54) is 19.2 Å². The summed E-state index contributed by atoms with van der Waals surface area (Å²) in [6.45, 7) is 3.13. The first-order chi connectivity index (χ1) is 7.72. The van der Waals surface area contributed by atoms with Gasteiger partial charge in [0, 0.05) is 0 Å². The van der Waals surface area contributed by atoms with Crippen LogP contribution >= 0.6 is 0 Å². The molecule has 0 aliphatic carbocycles. The lowest BCUT2D eigenvalue weighted by Gasteiger charge is -2.19. The zero-order chi connectivity index (χ0) is 13.3. The van der Waals surface area contributed by atoms with Crippen LogP contribution in [-0.4, -0.2) is 7.11 Å². The molecule has 0 heterocycles. The van der Waals surface area contributed by atoms with Gasteiger partial charge < -0.3 is 4.74 Å². The van der Waals surface area contributed by atoms with E-state index in [9.17, 15) is 13.2 Å². The summed E-state index contributed by atoms with van der Waals surface area (Å²) in [5.41, 5.74) is -1.51. The van der Waals surface area contributed by atoms with Gasteiger partial charge in [0.1, 0.15) is 5.75 Å². The Morgan fingerprint density at radius 1 is 1.24 bits per heavy atom. The van der Waals surface area contributed by atoms with Crippen molar-refractivity contribution in [3.05, 3.63) is 29.3 Å². The van der Waals surface area contributed by atoms with Crippen molar-refractivity contribution in [1.29, 1.82) is 5.26 Å². The summed E-state index contributed by atoms with van der Waals surface area (Å²) in [6.07, 6.45) is -4.49. The van der Waals surface area contributed by atoms with Crippen LogP contribution in [0.2, 0.25) is 0 Å². The van der Waals surface area contributed by atoms with Crippen LogP contribution in [0, 0.1) is 11.3 Å². The molecule has 0 spiro atoms. The first-order valence-corrected chi connectivity index (χ1v) is 4.89. The average Bonchev–Trinajstić information content (AvgIpc) is 2.27. The van der Waals surface area contributed by atoms with Gasteiger partial charge in [-0.2, -0.15) is 18.4 Å². The van der Waals surface area contributed by atoms with Crippen LogP contribution in [-0.2, 0) is 11.6 Å². The SMILES string of the molecule is COc1ccc(C(C)(C)C#N)cc1C(F)(F)F. The number of rotatable bonds is 2. The number of hydrogen-bond donors (Lipinski definition) is 0. The maximum Gasteiger partial charge on any atom is 0.419 e. The van der Waals surface area contributed by atoms with E-state index in [2.05, 4.69) is 4.74 Å². The maximum atomic E-state index is 12.7. The predicted octanol–water partition coefficient (Wildman–Crippen LogP) is 3.52. The molecule has 0 N–H and O–H groups in total. The summed E-state index contributed by atoms with van der Waals surface area (Å²) in [4.78, 5) is 0. The van der Waals surface area contributed by atoms with Gasteiger partial charge in [0.2, 0.25) is 0 Å². The van der Waals surface area contributed by atoms with Crippen LogP contribution in [0.25, 0.3) is 0 Å². The fraction of sp³-hybridized carbons (Fsp3) is 0.417. The summed E-state index contributed by atoms with van der Waals surface area (Å²) in [7, 11) is 1.18. The monoisotopic (exact) mass is 243 g/mol. The van der Waals surface area contributed by atoms with E-state index < -0.39 is 17.2 Å². The molecule has 1 aromatic rings. The fourth-order valence-electron chi connectivity index (χ4n) is 1.38. The molecule has 1 rings (SSSR count). The predicted molar refractivity (Wildman–Crippen MR) is 56.6 cm³/mol. The van der Waals surface area contributed by atoms with Gasteiger partial charge in [-0.1, -0.05) is 6.07 Å². The Kier molecular flexibility index (Phi) is 3.37.